The van der Waals surface area contributed by atoms with E-state index in [9.17, 15) is 0 Å². The second-order valence-corrected chi connectivity index (χ2v) is 4.57. The highest BCUT2D eigenvalue weighted by Crippen LogP contribution is 2.11. The number of nitrogens with zero attached hydrogens (tertiary/aromatic N) is 1. The number of hydrogen-bond donors (Lipinski definition) is 2. The van der Waals surface area contributed by atoms with Crippen LogP contribution >= 0.6 is 24.0 Å². The van der Waals surface area contributed by atoms with Crippen LogP contribution in [-0.4, -0.2) is 35.2 Å². The Morgan fingerprint density at radius 3 is 2.88 bits per heavy atom. The van der Waals surface area contributed by atoms with E-state index in [1.165, 1.54) is 0 Å². The van der Waals surface area contributed by atoms with Crippen molar-refractivity contribution in [3.8, 4) is 0 Å². The van der Waals surface area contributed by atoms with Crippen LogP contribution in [0.5, 0.6) is 0 Å². The van der Waals surface area contributed by atoms with Crippen LogP contribution in [-0.2, 0) is 4.74 Å². The van der Waals surface area contributed by atoms with Gasteiger partial charge in [0.25, 0.3) is 0 Å². The van der Waals surface area contributed by atoms with Gasteiger partial charge in [0.2, 0.25) is 0 Å². The maximum atomic E-state index is 6.06. The van der Waals surface area contributed by atoms with Crippen molar-refractivity contribution >= 4 is 34.7 Å². The van der Waals surface area contributed by atoms with E-state index >= 15 is 0 Å². The van der Waals surface area contributed by atoms with Crippen LogP contribution in [0.3, 0.4) is 0 Å². The molecule has 0 aliphatic carbocycles. The molecule has 1 heterocycles. The summed E-state index contributed by atoms with van der Waals surface area (Å²) >= 11 is 11.3. The van der Waals surface area contributed by atoms with Crippen molar-refractivity contribution in [3.63, 3.8) is 0 Å². The summed E-state index contributed by atoms with van der Waals surface area (Å²) in [6, 6.07) is 9.67. The molecule has 4 nitrogen and oxygen atoms in total. The van der Waals surface area contributed by atoms with Crippen LogP contribution in [0, 0.1) is 0 Å². The molecule has 1 unspecified atom stereocenters. The topological polar surface area (TPSA) is 36.5 Å². The molecule has 0 saturated carbocycles. The van der Waals surface area contributed by atoms with E-state index in [-0.39, 0.29) is 6.04 Å². The van der Waals surface area contributed by atoms with Gasteiger partial charge in [-0.2, -0.15) is 0 Å². The predicted octanol–water partition coefficient (Wildman–Crippen LogP) is 1.79. The molecule has 1 aliphatic rings. The SMILES string of the molecule is S=C(NNc1ccccc1)C1COCCN1Cl. The number of thiocarbonyl (C=S) groups is 1. The second-order valence-electron chi connectivity index (χ2n) is 3.69. The third kappa shape index (κ3) is 3.54. The number of para-hydroxylation sites is 1. The van der Waals surface area contributed by atoms with Crippen molar-refractivity contribution in [3.05, 3.63) is 30.3 Å². The van der Waals surface area contributed by atoms with Crippen LogP contribution in [0.25, 0.3) is 0 Å². The zero-order chi connectivity index (χ0) is 12.1. The molecule has 1 saturated heterocycles. The van der Waals surface area contributed by atoms with Crippen molar-refractivity contribution in [1.82, 2.24) is 9.84 Å². The van der Waals surface area contributed by atoms with Crippen molar-refractivity contribution in [1.29, 1.82) is 0 Å². The Morgan fingerprint density at radius 2 is 2.18 bits per heavy atom. The number of hydrazine groups is 1. The van der Waals surface area contributed by atoms with Gasteiger partial charge in [-0.05, 0) is 23.9 Å². The Hall–Kier alpha value is -0.880. The lowest BCUT2D eigenvalue weighted by Crippen LogP contribution is -2.50. The summed E-state index contributed by atoms with van der Waals surface area (Å²) in [7, 11) is 0. The predicted molar refractivity (Wildman–Crippen MR) is 73.0 cm³/mol. The number of anilines is 1. The van der Waals surface area contributed by atoms with Gasteiger partial charge < -0.3 is 10.2 Å². The van der Waals surface area contributed by atoms with Crippen LogP contribution in [0.15, 0.2) is 30.3 Å². The van der Waals surface area contributed by atoms with E-state index in [2.05, 4.69) is 10.9 Å². The molecular weight excluding hydrogens is 258 g/mol. The van der Waals surface area contributed by atoms with Crippen molar-refractivity contribution in [2.24, 2.45) is 0 Å². The molecule has 1 aliphatic heterocycles. The molecule has 0 aromatic heterocycles. The lowest BCUT2D eigenvalue weighted by Gasteiger charge is -2.30. The molecular formula is C11H14ClN3OS. The van der Waals surface area contributed by atoms with Gasteiger partial charge in [-0.1, -0.05) is 30.4 Å². The van der Waals surface area contributed by atoms with Crippen LogP contribution in [0.4, 0.5) is 5.69 Å². The van der Waals surface area contributed by atoms with Gasteiger partial charge in [0, 0.05) is 6.54 Å². The minimum Gasteiger partial charge on any atom is -0.378 e. The number of nitrogens with one attached hydrogen (secondary N) is 2. The first-order valence-electron chi connectivity index (χ1n) is 5.38. The third-order valence-corrected chi connectivity index (χ3v) is 3.25. The fraction of sp³-hybridized carbons (Fsp3) is 0.364. The monoisotopic (exact) mass is 271 g/mol. The molecule has 17 heavy (non-hydrogen) atoms. The van der Waals surface area contributed by atoms with Crippen LogP contribution < -0.4 is 10.9 Å². The number of ether oxygens (including phenoxy) is 1. The standard InChI is InChI=1S/C11H14ClN3OS/c12-15-6-7-16-8-10(15)11(17)14-13-9-4-2-1-3-5-9/h1-5,10,13H,6-8H2,(H,14,17). The molecule has 0 bridgehead atoms. The number of rotatable bonds is 3. The lowest BCUT2D eigenvalue weighted by atomic mass is 10.3. The fourth-order valence-electron chi connectivity index (χ4n) is 1.52. The van der Waals surface area contributed by atoms with Crippen molar-refractivity contribution in [2.75, 3.05) is 25.2 Å². The number of hydrogen-bond acceptors (Lipinski definition) is 4. The number of halogens is 1. The number of benzene rings is 1. The average Bonchev–Trinajstić information content (AvgIpc) is 2.38. The highest BCUT2D eigenvalue weighted by molar-refractivity contribution is 7.80. The van der Waals surface area contributed by atoms with E-state index in [1.807, 2.05) is 30.3 Å². The van der Waals surface area contributed by atoms with E-state index in [4.69, 9.17) is 28.7 Å². The van der Waals surface area contributed by atoms with E-state index in [1.54, 1.807) is 4.42 Å². The van der Waals surface area contributed by atoms with Gasteiger partial charge in [-0.15, -0.1) is 0 Å². The van der Waals surface area contributed by atoms with Crippen molar-refractivity contribution in [2.45, 2.75) is 6.04 Å². The van der Waals surface area contributed by atoms with Gasteiger partial charge >= 0.3 is 0 Å². The van der Waals surface area contributed by atoms with Gasteiger partial charge in [0.05, 0.1) is 18.9 Å². The maximum absolute atomic E-state index is 6.06. The zero-order valence-corrected chi connectivity index (χ0v) is 10.8. The summed E-state index contributed by atoms with van der Waals surface area (Å²) in [5.74, 6) is 0. The highest BCUT2D eigenvalue weighted by Gasteiger charge is 2.25. The van der Waals surface area contributed by atoms with Crippen LogP contribution in [0.1, 0.15) is 0 Å². The minimum absolute atomic E-state index is 0.0865. The summed E-state index contributed by atoms with van der Waals surface area (Å²) < 4.78 is 7.02. The molecule has 0 amide bonds. The van der Waals surface area contributed by atoms with Gasteiger partial charge in [0.1, 0.15) is 11.0 Å². The molecule has 1 fully saturated rings. The molecule has 6 heteroatoms. The zero-order valence-electron chi connectivity index (χ0n) is 9.23. The first kappa shape index (κ1) is 12.6. The normalized spacial score (nSPS) is 20.9. The molecule has 1 aromatic rings. The average molecular weight is 272 g/mol. The number of morpholine rings is 1. The van der Waals surface area contributed by atoms with Gasteiger partial charge in [-0.3, -0.25) is 5.43 Å². The second kappa shape index (κ2) is 6.16. The quantitative estimate of drug-likeness (QED) is 0.498. The summed E-state index contributed by atoms with van der Waals surface area (Å²) in [6.45, 7) is 1.85. The summed E-state index contributed by atoms with van der Waals surface area (Å²) in [4.78, 5) is 0.628. The molecule has 1 atom stereocenters. The van der Waals surface area contributed by atoms with Crippen LogP contribution in [0.2, 0.25) is 0 Å². The minimum atomic E-state index is -0.0865. The fourth-order valence-corrected chi connectivity index (χ4v) is 2.05. The molecule has 92 valence electrons. The van der Waals surface area contributed by atoms with Gasteiger partial charge in [-0.25, -0.2) is 4.42 Å². The molecule has 0 radical (unpaired) electrons. The Labute approximate surface area is 111 Å². The highest BCUT2D eigenvalue weighted by atomic mass is 35.5. The Balaban J connectivity index is 1.84. The Morgan fingerprint density at radius 1 is 1.41 bits per heavy atom. The van der Waals surface area contributed by atoms with Gasteiger partial charge in [0.15, 0.2) is 0 Å². The Kier molecular flexibility index (Phi) is 4.56. The third-order valence-electron chi connectivity index (χ3n) is 2.47. The smallest absolute Gasteiger partial charge is 0.115 e. The molecule has 0 spiro atoms. The summed E-state index contributed by atoms with van der Waals surface area (Å²) in [5, 5.41) is 0. The van der Waals surface area contributed by atoms with E-state index < -0.39 is 0 Å². The first-order valence-corrected chi connectivity index (χ1v) is 6.13. The molecule has 2 rings (SSSR count). The molecule has 1 aromatic carbocycles. The Bertz CT molecular complexity index is 376. The summed E-state index contributed by atoms with van der Waals surface area (Å²) in [6.07, 6.45) is 0. The molecule has 2 N–H and O–H groups in total. The summed E-state index contributed by atoms with van der Waals surface area (Å²) in [5.41, 5.74) is 6.96. The lowest BCUT2D eigenvalue weighted by molar-refractivity contribution is 0.0559. The largest absolute Gasteiger partial charge is 0.378 e. The maximum Gasteiger partial charge on any atom is 0.115 e. The van der Waals surface area contributed by atoms with E-state index in [0.717, 1.165) is 5.69 Å². The first-order chi connectivity index (χ1) is 8.27. The van der Waals surface area contributed by atoms with Crippen molar-refractivity contribution < 1.29 is 4.74 Å². The van der Waals surface area contributed by atoms with E-state index in [0.29, 0.717) is 24.7 Å².